The lowest BCUT2D eigenvalue weighted by atomic mass is 9.98. The average Bonchev–Trinajstić information content (AvgIpc) is 2.86. The summed E-state index contributed by atoms with van der Waals surface area (Å²) in [5.41, 5.74) is 13.7. The Morgan fingerprint density at radius 1 is 1.29 bits per heavy atom. The van der Waals surface area contributed by atoms with Crippen molar-refractivity contribution in [2.45, 2.75) is 64.8 Å². The average molecular weight is 343 g/mol. The Hall–Kier alpha value is -1.71. The van der Waals surface area contributed by atoms with Crippen LogP contribution in [0, 0.1) is 11.8 Å². The van der Waals surface area contributed by atoms with Crippen LogP contribution in [0.5, 0.6) is 0 Å². The van der Waals surface area contributed by atoms with Gasteiger partial charge in [0.05, 0.1) is 12.0 Å². The van der Waals surface area contributed by atoms with E-state index in [4.69, 9.17) is 11.5 Å². The summed E-state index contributed by atoms with van der Waals surface area (Å²) in [5, 5.41) is 13.5. The zero-order chi connectivity index (χ0) is 18.4. The first-order chi connectivity index (χ1) is 11.1. The molecule has 2 amide bonds. The molecule has 1 rings (SSSR count). The van der Waals surface area contributed by atoms with Crippen molar-refractivity contribution in [2.24, 2.45) is 23.3 Å². The summed E-state index contributed by atoms with van der Waals surface area (Å²) >= 11 is 0. The SMILES string of the molecule is CCC(C)N(NC(C)=O)C(=O)CC1CC(C(=O)O)CC1NC(N)N. The molecule has 0 saturated heterocycles. The Bertz CT molecular complexity index is 471. The molecule has 0 aromatic heterocycles. The summed E-state index contributed by atoms with van der Waals surface area (Å²) in [4.78, 5) is 35.2. The van der Waals surface area contributed by atoms with Crippen LogP contribution in [0.2, 0.25) is 0 Å². The number of carboxylic acids is 1. The number of aliphatic carboxylic acids is 1. The third-order valence-corrected chi connectivity index (χ3v) is 4.47. The largest absolute Gasteiger partial charge is 0.481 e. The van der Waals surface area contributed by atoms with Gasteiger partial charge in [0.25, 0.3) is 0 Å². The van der Waals surface area contributed by atoms with E-state index in [0.29, 0.717) is 19.3 Å². The highest BCUT2D eigenvalue weighted by atomic mass is 16.4. The van der Waals surface area contributed by atoms with Crippen molar-refractivity contribution in [2.75, 3.05) is 0 Å². The Morgan fingerprint density at radius 2 is 1.92 bits per heavy atom. The molecule has 0 radical (unpaired) electrons. The van der Waals surface area contributed by atoms with Gasteiger partial charge in [-0.2, -0.15) is 0 Å². The number of amides is 2. The number of carboxylic acid groups (broad SMARTS) is 1. The van der Waals surface area contributed by atoms with Gasteiger partial charge in [-0.25, -0.2) is 0 Å². The molecule has 9 heteroatoms. The molecule has 0 spiro atoms. The molecule has 0 aliphatic heterocycles. The lowest BCUT2D eigenvalue weighted by Gasteiger charge is -2.30. The van der Waals surface area contributed by atoms with Crippen LogP contribution in [-0.2, 0) is 14.4 Å². The van der Waals surface area contributed by atoms with Gasteiger partial charge in [-0.05, 0) is 32.1 Å². The number of carbonyl (C=O) groups excluding carboxylic acids is 2. The minimum Gasteiger partial charge on any atom is -0.481 e. The fourth-order valence-electron chi connectivity index (χ4n) is 3.10. The Morgan fingerprint density at radius 3 is 2.38 bits per heavy atom. The summed E-state index contributed by atoms with van der Waals surface area (Å²) < 4.78 is 0. The van der Waals surface area contributed by atoms with Crippen LogP contribution in [0.3, 0.4) is 0 Å². The molecule has 0 aromatic rings. The predicted octanol–water partition coefficient (Wildman–Crippen LogP) is -0.675. The van der Waals surface area contributed by atoms with Gasteiger partial charge in [-0.15, -0.1) is 0 Å². The second kappa shape index (κ2) is 8.95. The minimum atomic E-state index is -0.886. The Balaban J connectivity index is 2.82. The van der Waals surface area contributed by atoms with Crippen LogP contribution in [0.25, 0.3) is 0 Å². The maximum Gasteiger partial charge on any atom is 0.306 e. The van der Waals surface area contributed by atoms with Gasteiger partial charge in [-0.3, -0.25) is 30.1 Å². The fourth-order valence-corrected chi connectivity index (χ4v) is 3.10. The summed E-state index contributed by atoms with van der Waals surface area (Å²) in [6, 6.07) is -0.396. The quantitative estimate of drug-likeness (QED) is 0.303. The normalized spacial score (nSPS) is 24.7. The summed E-state index contributed by atoms with van der Waals surface area (Å²) in [6.07, 6.45) is 0.783. The van der Waals surface area contributed by atoms with E-state index in [9.17, 15) is 19.5 Å². The van der Waals surface area contributed by atoms with Gasteiger partial charge in [-0.1, -0.05) is 6.92 Å². The van der Waals surface area contributed by atoms with E-state index >= 15 is 0 Å². The lowest BCUT2D eigenvalue weighted by molar-refractivity contribution is -0.144. The smallest absolute Gasteiger partial charge is 0.306 e. The summed E-state index contributed by atoms with van der Waals surface area (Å²) in [7, 11) is 0. The van der Waals surface area contributed by atoms with E-state index in [2.05, 4.69) is 10.7 Å². The van der Waals surface area contributed by atoms with Crippen LogP contribution >= 0.6 is 0 Å². The maximum atomic E-state index is 12.6. The van der Waals surface area contributed by atoms with E-state index in [0.717, 1.165) is 0 Å². The number of carbonyl (C=O) groups is 3. The van der Waals surface area contributed by atoms with Crippen LogP contribution < -0.4 is 22.2 Å². The molecule has 9 nitrogen and oxygen atoms in total. The van der Waals surface area contributed by atoms with Crippen molar-refractivity contribution in [3.63, 3.8) is 0 Å². The van der Waals surface area contributed by atoms with Gasteiger partial charge in [0.2, 0.25) is 11.8 Å². The topological polar surface area (TPSA) is 151 Å². The number of nitrogens with zero attached hydrogens (tertiary/aromatic N) is 1. The molecule has 0 aromatic carbocycles. The molecule has 24 heavy (non-hydrogen) atoms. The van der Waals surface area contributed by atoms with Gasteiger partial charge >= 0.3 is 5.97 Å². The van der Waals surface area contributed by atoms with Crippen LogP contribution in [0.15, 0.2) is 0 Å². The number of hydrazine groups is 1. The van der Waals surface area contributed by atoms with Gasteiger partial charge in [0.1, 0.15) is 6.29 Å². The molecule has 4 atom stereocenters. The zero-order valence-electron chi connectivity index (χ0n) is 14.5. The second-order valence-electron chi connectivity index (χ2n) is 6.46. The predicted molar refractivity (Wildman–Crippen MR) is 88.0 cm³/mol. The van der Waals surface area contributed by atoms with Crippen molar-refractivity contribution >= 4 is 17.8 Å². The number of rotatable bonds is 7. The van der Waals surface area contributed by atoms with E-state index in [1.165, 1.54) is 11.9 Å². The molecule has 1 fully saturated rings. The lowest BCUT2D eigenvalue weighted by Crippen LogP contribution is -2.53. The molecule has 0 heterocycles. The Kier molecular flexibility index (Phi) is 7.59. The van der Waals surface area contributed by atoms with Crippen molar-refractivity contribution in [3.05, 3.63) is 0 Å². The first-order valence-electron chi connectivity index (χ1n) is 8.24. The Labute approximate surface area is 142 Å². The number of hydrogen-bond donors (Lipinski definition) is 5. The van der Waals surface area contributed by atoms with Gasteiger partial charge in [0.15, 0.2) is 0 Å². The molecule has 1 saturated carbocycles. The van der Waals surface area contributed by atoms with Crippen LogP contribution in [-0.4, -0.2) is 46.3 Å². The highest BCUT2D eigenvalue weighted by Gasteiger charge is 2.40. The van der Waals surface area contributed by atoms with Crippen LogP contribution in [0.4, 0.5) is 0 Å². The number of hydrogen-bond acceptors (Lipinski definition) is 6. The van der Waals surface area contributed by atoms with E-state index in [1.807, 2.05) is 13.8 Å². The van der Waals surface area contributed by atoms with Gasteiger partial charge < -0.3 is 16.6 Å². The summed E-state index contributed by atoms with van der Waals surface area (Å²) in [6.45, 7) is 5.10. The van der Waals surface area contributed by atoms with Crippen molar-refractivity contribution < 1.29 is 19.5 Å². The molecular weight excluding hydrogens is 314 g/mol. The highest BCUT2D eigenvalue weighted by molar-refractivity contribution is 5.81. The third kappa shape index (κ3) is 5.73. The van der Waals surface area contributed by atoms with Gasteiger partial charge in [0, 0.05) is 19.4 Å². The molecule has 1 aliphatic carbocycles. The molecule has 1 aliphatic rings. The minimum absolute atomic E-state index is 0.124. The molecule has 7 N–H and O–H groups in total. The molecule has 0 bridgehead atoms. The summed E-state index contributed by atoms with van der Waals surface area (Å²) in [5.74, 6) is -2.18. The van der Waals surface area contributed by atoms with Crippen molar-refractivity contribution in [3.8, 4) is 0 Å². The first kappa shape index (κ1) is 20.3. The van der Waals surface area contributed by atoms with E-state index in [-0.39, 0.29) is 36.2 Å². The van der Waals surface area contributed by atoms with E-state index < -0.39 is 18.2 Å². The second-order valence-corrected chi connectivity index (χ2v) is 6.46. The van der Waals surface area contributed by atoms with Crippen molar-refractivity contribution in [1.82, 2.24) is 15.8 Å². The number of nitrogens with one attached hydrogen (secondary N) is 2. The zero-order valence-corrected chi connectivity index (χ0v) is 14.5. The highest BCUT2D eigenvalue weighted by Crippen LogP contribution is 2.34. The van der Waals surface area contributed by atoms with Crippen molar-refractivity contribution in [1.29, 1.82) is 0 Å². The molecule has 138 valence electrons. The first-order valence-corrected chi connectivity index (χ1v) is 8.24. The standard InChI is InChI=1S/C15H29N5O4/c1-4-8(2)20(19-9(3)21)13(22)7-10-5-11(14(23)24)6-12(10)18-15(16)17/h8,10-12,15,18H,4-7,16-17H2,1-3H3,(H,19,21)(H,23,24). The fraction of sp³-hybridized carbons (Fsp3) is 0.800. The molecule has 4 unspecified atom stereocenters. The monoisotopic (exact) mass is 343 g/mol. The maximum absolute atomic E-state index is 12.6. The molecular formula is C15H29N5O4. The van der Waals surface area contributed by atoms with E-state index in [1.54, 1.807) is 0 Å². The third-order valence-electron chi connectivity index (χ3n) is 4.47. The van der Waals surface area contributed by atoms with Crippen LogP contribution in [0.1, 0.15) is 46.5 Å². The number of nitrogens with two attached hydrogens (primary N) is 2.